The second-order valence-electron chi connectivity index (χ2n) is 4.44. The summed E-state index contributed by atoms with van der Waals surface area (Å²) < 4.78 is 0. The smallest absolute Gasteiger partial charge is 0.106 e. The van der Waals surface area contributed by atoms with E-state index in [1.807, 2.05) is 36.7 Å². The average molecular weight is 252 g/mol. The molecule has 0 atom stereocenters. The summed E-state index contributed by atoms with van der Waals surface area (Å²) in [5.41, 5.74) is 2.17. The highest BCUT2D eigenvalue weighted by Gasteiger charge is 2.00. The van der Waals surface area contributed by atoms with Gasteiger partial charge in [-0.3, -0.25) is 4.98 Å². The van der Waals surface area contributed by atoms with Gasteiger partial charge >= 0.3 is 0 Å². The van der Waals surface area contributed by atoms with Crippen molar-refractivity contribution in [2.24, 2.45) is 0 Å². The van der Waals surface area contributed by atoms with E-state index < -0.39 is 0 Å². The number of aryl methyl sites for hydroxylation is 1. The molecule has 0 spiro atoms. The van der Waals surface area contributed by atoms with Gasteiger partial charge in [0.15, 0.2) is 0 Å². The topological polar surface area (TPSA) is 53.6 Å². The van der Waals surface area contributed by atoms with Crippen molar-refractivity contribution in [3.8, 4) is 0 Å². The number of hydrogen-bond acceptors (Lipinski definition) is 3. The molecule has 0 unspecified atom stereocenters. The van der Waals surface area contributed by atoms with Gasteiger partial charge in [0.05, 0.1) is 5.52 Å². The summed E-state index contributed by atoms with van der Waals surface area (Å²) in [5.74, 6) is 1.04. The van der Waals surface area contributed by atoms with Crippen molar-refractivity contribution in [2.75, 3.05) is 11.9 Å². The lowest BCUT2D eigenvalue weighted by Gasteiger charge is -2.08. The zero-order valence-corrected chi connectivity index (χ0v) is 10.6. The van der Waals surface area contributed by atoms with Crippen LogP contribution in [0.1, 0.15) is 12.2 Å². The van der Waals surface area contributed by atoms with Gasteiger partial charge in [0.25, 0.3) is 0 Å². The molecule has 0 bridgehead atoms. The van der Waals surface area contributed by atoms with Gasteiger partial charge in [0.1, 0.15) is 5.82 Å². The monoisotopic (exact) mass is 252 g/mol. The molecule has 4 nitrogen and oxygen atoms in total. The maximum Gasteiger partial charge on any atom is 0.106 e. The number of hydrogen-bond donors (Lipinski definition) is 2. The molecule has 2 heterocycles. The first-order chi connectivity index (χ1) is 9.43. The predicted molar refractivity (Wildman–Crippen MR) is 77.1 cm³/mol. The van der Waals surface area contributed by atoms with Crippen LogP contribution in [-0.2, 0) is 6.42 Å². The molecule has 0 aliphatic rings. The van der Waals surface area contributed by atoms with Gasteiger partial charge in [0, 0.05) is 42.6 Å². The van der Waals surface area contributed by atoms with Gasteiger partial charge < -0.3 is 10.3 Å². The second-order valence-corrected chi connectivity index (χ2v) is 4.44. The van der Waals surface area contributed by atoms with Crippen molar-refractivity contribution in [1.82, 2.24) is 15.0 Å². The maximum absolute atomic E-state index is 4.36. The van der Waals surface area contributed by atoms with E-state index in [0.717, 1.165) is 36.4 Å². The van der Waals surface area contributed by atoms with E-state index >= 15 is 0 Å². The fourth-order valence-electron chi connectivity index (χ4n) is 2.16. The Morgan fingerprint density at radius 1 is 1.05 bits per heavy atom. The average Bonchev–Trinajstić information content (AvgIpc) is 2.97. The van der Waals surface area contributed by atoms with Gasteiger partial charge in [-0.15, -0.1) is 0 Å². The fraction of sp³-hybridized carbons (Fsp3) is 0.200. The van der Waals surface area contributed by atoms with Gasteiger partial charge in [-0.05, 0) is 18.6 Å². The SMILES string of the molecule is c1ccc2c(NCCCc3ncc[nH]3)ccnc2c1. The van der Waals surface area contributed by atoms with Crippen LogP contribution in [0.25, 0.3) is 10.9 Å². The Morgan fingerprint density at radius 2 is 2.00 bits per heavy atom. The summed E-state index contributed by atoms with van der Waals surface area (Å²) >= 11 is 0. The number of nitrogens with one attached hydrogen (secondary N) is 2. The van der Waals surface area contributed by atoms with E-state index in [9.17, 15) is 0 Å². The van der Waals surface area contributed by atoms with Gasteiger partial charge in [-0.2, -0.15) is 0 Å². The minimum atomic E-state index is 0.925. The Balaban J connectivity index is 1.62. The molecule has 96 valence electrons. The molecule has 4 heteroatoms. The van der Waals surface area contributed by atoms with E-state index in [1.54, 1.807) is 6.20 Å². The highest BCUT2D eigenvalue weighted by atomic mass is 14.9. The van der Waals surface area contributed by atoms with Crippen LogP contribution in [0.4, 0.5) is 5.69 Å². The zero-order chi connectivity index (χ0) is 12.9. The third-order valence-corrected chi connectivity index (χ3v) is 3.11. The first kappa shape index (κ1) is 11.7. The minimum Gasteiger partial charge on any atom is -0.384 e. The normalized spacial score (nSPS) is 10.7. The van der Waals surface area contributed by atoms with Crippen molar-refractivity contribution in [1.29, 1.82) is 0 Å². The number of anilines is 1. The summed E-state index contributed by atoms with van der Waals surface area (Å²) in [4.78, 5) is 11.7. The zero-order valence-electron chi connectivity index (χ0n) is 10.6. The Morgan fingerprint density at radius 3 is 2.89 bits per heavy atom. The number of imidazole rings is 1. The number of nitrogens with zero attached hydrogens (tertiary/aromatic N) is 2. The Kier molecular flexibility index (Phi) is 3.40. The van der Waals surface area contributed by atoms with Crippen molar-refractivity contribution in [3.63, 3.8) is 0 Å². The molecule has 0 saturated heterocycles. The Bertz CT molecular complexity index is 641. The number of fused-ring (bicyclic) bond motifs is 1. The molecule has 2 N–H and O–H groups in total. The van der Waals surface area contributed by atoms with E-state index in [-0.39, 0.29) is 0 Å². The molecule has 0 saturated carbocycles. The molecular formula is C15H16N4. The fourth-order valence-corrected chi connectivity index (χ4v) is 2.16. The van der Waals surface area contributed by atoms with Crippen LogP contribution in [0.15, 0.2) is 48.9 Å². The number of para-hydroxylation sites is 1. The van der Waals surface area contributed by atoms with Crippen LogP contribution in [0.5, 0.6) is 0 Å². The molecular weight excluding hydrogens is 236 g/mol. The maximum atomic E-state index is 4.36. The van der Waals surface area contributed by atoms with Crippen molar-refractivity contribution < 1.29 is 0 Å². The first-order valence-corrected chi connectivity index (χ1v) is 6.49. The van der Waals surface area contributed by atoms with Crippen LogP contribution >= 0.6 is 0 Å². The lowest BCUT2D eigenvalue weighted by atomic mass is 10.2. The van der Waals surface area contributed by atoms with Crippen LogP contribution in [-0.4, -0.2) is 21.5 Å². The van der Waals surface area contributed by atoms with E-state index in [4.69, 9.17) is 0 Å². The highest BCUT2D eigenvalue weighted by Crippen LogP contribution is 2.20. The number of pyridine rings is 1. The van der Waals surface area contributed by atoms with Crippen molar-refractivity contribution in [3.05, 3.63) is 54.7 Å². The van der Waals surface area contributed by atoms with E-state index in [1.165, 1.54) is 5.39 Å². The number of H-pyrrole nitrogens is 1. The first-order valence-electron chi connectivity index (χ1n) is 6.49. The second kappa shape index (κ2) is 5.52. The number of benzene rings is 1. The Hall–Kier alpha value is -2.36. The third kappa shape index (κ3) is 2.73. The van der Waals surface area contributed by atoms with Gasteiger partial charge in [0.2, 0.25) is 0 Å². The molecule has 0 amide bonds. The number of rotatable bonds is 5. The van der Waals surface area contributed by atoms with Crippen LogP contribution in [0, 0.1) is 0 Å². The molecule has 3 rings (SSSR count). The van der Waals surface area contributed by atoms with Crippen molar-refractivity contribution >= 4 is 16.6 Å². The third-order valence-electron chi connectivity index (χ3n) is 3.11. The summed E-state index contributed by atoms with van der Waals surface area (Å²) in [6.45, 7) is 0.925. The van der Waals surface area contributed by atoms with Gasteiger partial charge in [-0.25, -0.2) is 4.98 Å². The predicted octanol–water partition coefficient (Wildman–Crippen LogP) is 3.00. The molecule has 0 aliphatic carbocycles. The standard InChI is InChI=1S/C15H16N4/c1-2-5-13-12(4-1)14(7-9-17-13)16-8-3-6-15-18-10-11-19-15/h1-2,4-5,7,9-11H,3,6,8H2,(H,16,17)(H,18,19). The summed E-state index contributed by atoms with van der Waals surface area (Å²) in [5, 5.41) is 4.64. The molecule has 2 aromatic heterocycles. The minimum absolute atomic E-state index is 0.925. The van der Waals surface area contributed by atoms with E-state index in [2.05, 4.69) is 26.3 Å². The summed E-state index contributed by atoms with van der Waals surface area (Å²) in [6, 6.07) is 10.2. The summed E-state index contributed by atoms with van der Waals surface area (Å²) in [6.07, 6.45) is 7.50. The van der Waals surface area contributed by atoms with Crippen LogP contribution in [0.3, 0.4) is 0 Å². The molecule has 19 heavy (non-hydrogen) atoms. The highest BCUT2D eigenvalue weighted by molar-refractivity contribution is 5.90. The van der Waals surface area contributed by atoms with Crippen LogP contribution in [0.2, 0.25) is 0 Å². The Labute approximate surface area is 111 Å². The number of aromatic amines is 1. The number of aromatic nitrogens is 3. The van der Waals surface area contributed by atoms with Crippen molar-refractivity contribution in [2.45, 2.75) is 12.8 Å². The van der Waals surface area contributed by atoms with Gasteiger partial charge in [-0.1, -0.05) is 18.2 Å². The molecule has 0 radical (unpaired) electrons. The van der Waals surface area contributed by atoms with E-state index in [0.29, 0.717) is 0 Å². The lowest BCUT2D eigenvalue weighted by Crippen LogP contribution is -2.04. The van der Waals surface area contributed by atoms with Crippen LogP contribution < -0.4 is 5.32 Å². The molecule has 1 aromatic carbocycles. The molecule has 3 aromatic rings. The largest absolute Gasteiger partial charge is 0.384 e. The molecule has 0 aliphatic heterocycles. The summed E-state index contributed by atoms with van der Waals surface area (Å²) in [7, 11) is 0. The molecule has 0 fully saturated rings. The quantitative estimate of drug-likeness (QED) is 0.686. The lowest BCUT2D eigenvalue weighted by molar-refractivity contribution is 0.817.